The molecule has 0 saturated heterocycles. The third-order valence-corrected chi connectivity index (χ3v) is 7.65. The minimum absolute atomic E-state index is 0.139. The van der Waals surface area contributed by atoms with Gasteiger partial charge in [-0.15, -0.1) is 0 Å². The summed E-state index contributed by atoms with van der Waals surface area (Å²) in [6.45, 7) is 26.5. The van der Waals surface area contributed by atoms with Crippen molar-refractivity contribution in [1.82, 2.24) is 0 Å². The molecule has 0 atom stereocenters. The third kappa shape index (κ3) is 13.7. The number of aryl methyl sites for hydroxylation is 4. The molecule has 234 valence electrons. The van der Waals surface area contributed by atoms with E-state index in [2.05, 4.69) is 93.3 Å². The van der Waals surface area contributed by atoms with Gasteiger partial charge >= 0.3 is 0 Å². The molecule has 0 aromatic heterocycles. The third-order valence-electron chi connectivity index (χ3n) is 7.65. The first-order valence-corrected chi connectivity index (χ1v) is 15.8. The molecule has 0 saturated carbocycles. The lowest BCUT2D eigenvalue weighted by Crippen LogP contribution is -2.11. The Bertz CT molecular complexity index is 1050. The van der Waals surface area contributed by atoms with Crippen LogP contribution in [0.1, 0.15) is 142 Å². The highest BCUT2D eigenvalue weighted by atomic mass is 19.1. The Morgan fingerprint density at radius 1 is 0.452 bits per heavy atom. The largest absolute Gasteiger partial charge is 0.207 e. The molecule has 0 amide bonds. The van der Waals surface area contributed by atoms with Crippen LogP contribution >= 0.6 is 0 Å². The number of halogens is 2. The lowest BCUT2D eigenvalue weighted by Gasteiger charge is -2.22. The fourth-order valence-corrected chi connectivity index (χ4v) is 4.85. The van der Waals surface area contributed by atoms with Crippen molar-refractivity contribution in [1.29, 1.82) is 0 Å². The van der Waals surface area contributed by atoms with Crippen molar-refractivity contribution in [2.75, 3.05) is 0 Å². The summed E-state index contributed by atoms with van der Waals surface area (Å²) in [6.07, 6.45) is 10.5. The average molecular weight is 581 g/mol. The smallest absolute Gasteiger partial charge is 0.123 e. The maximum atomic E-state index is 14.8. The van der Waals surface area contributed by atoms with Crippen LogP contribution in [-0.4, -0.2) is 12.4 Å². The van der Waals surface area contributed by atoms with E-state index in [4.69, 9.17) is 0 Å². The first-order valence-electron chi connectivity index (χ1n) is 15.8. The van der Waals surface area contributed by atoms with Crippen molar-refractivity contribution >= 4 is 12.4 Å². The molecule has 2 nitrogen and oxygen atoms in total. The summed E-state index contributed by atoms with van der Waals surface area (Å²) >= 11 is 0. The molecule has 2 rings (SSSR count). The zero-order valence-electron chi connectivity index (χ0n) is 28.8. The molecular formula is C38H58F2N2. The number of benzene rings is 2. The maximum Gasteiger partial charge on any atom is 0.123 e. The highest BCUT2D eigenvalue weighted by Crippen LogP contribution is 2.29. The van der Waals surface area contributed by atoms with Crippen LogP contribution in [0, 0.1) is 33.3 Å². The van der Waals surface area contributed by atoms with Crippen LogP contribution < -0.4 is 0 Å². The van der Waals surface area contributed by atoms with E-state index in [1.54, 1.807) is 36.7 Å². The molecule has 0 radical (unpaired) electrons. The summed E-state index contributed by atoms with van der Waals surface area (Å²) in [5, 5.41) is 9.05. The van der Waals surface area contributed by atoms with Gasteiger partial charge in [-0.2, -0.15) is 10.2 Å². The molecule has 0 N–H and O–H groups in total. The molecular weight excluding hydrogens is 522 g/mol. The fourth-order valence-electron chi connectivity index (χ4n) is 4.85. The lowest BCUT2D eigenvalue weighted by atomic mass is 9.84. The van der Waals surface area contributed by atoms with Gasteiger partial charge < -0.3 is 0 Å². The zero-order chi connectivity index (χ0) is 31.9. The Morgan fingerprint density at radius 3 is 0.857 bits per heavy atom. The summed E-state index contributed by atoms with van der Waals surface area (Å²) in [7, 11) is 0. The van der Waals surface area contributed by atoms with Crippen LogP contribution in [-0.2, 0) is 25.7 Å². The molecule has 42 heavy (non-hydrogen) atoms. The van der Waals surface area contributed by atoms with Gasteiger partial charge in [-0.3, -0.25) is 0 Å². The van der Waals surface area contributed by atoms with E-state index in [-0.39, 0.29) is 33.3 Å². The second-order valence-electron chi connectivity index (χ2n) is 17.0. The quantitative estimate of drug-likeness (QED) is 0.187. The zero-order valence-corrected chi connectivity index (χ0v) is 28.8. The van der Waals surface area contributed by atoms with Gasteiger partial charge in [0.15, 0.2) is 0 Å². The molecule has 0 aliphatic carbocycles. The highest BCUT2D eigenvalue weighted by molar-refractivity contribution is 5.87. The molecule has 2 aromatic rings. The van der Waals surface area contributed by atoms with Crippen molar-refractivity contribution < 1.29 is 8.78 Å². The minimum Gasteiger partial charge on any atom is -0.207 e. The van der Waals surface area contributed by atoms with E-state index >= 15 is 0 Å². The maximum absolute atomic E-state index is 14.8. The van der Waals surface area contributed by atoms with Crippen molar-refractivity contribution in [3.05, 3.63) is 69.3 Å². The standard InChI is InChI=1S/C38H58F2N2/c1-35(2,3)17-13-27-21-31(39)22-28(14-18-36(4,5)6)33(27)25-41-42-26-34-29(15-19-37(7,8)9)23-32(40)24-30(34)16-20-38(10,11)12/h21-26H,13-20H2,1-12H3/b41-25+,42-26+. The van der Waals surface area contributed by atoms with E-state index < -0.39 is 0 Å². The lowest BCUT2D eigenvalue weighted by molar-refractivity contribution is 0.375. The fraction of sp³-hybridized carbons (Fsp3) is 0.632. The number of hydrogen-bond acceptors (Lipinski definition) is 2. The van der Waals surface area contributed by atoms with E-state index in [0.29, 0.717) is 0 Å². The monoisotopic (exact) mass is 580 g/mol. The van der Waals surface area contributed by atoms with Gasteiger partial charge in [0.2, 0.25) is 0 Å². The number of rotatable bonds is 11. The Kier molecular flexibility index (Phi) is 12.3. The summed E-state index contributed by atoms with van der Waals surface area (Å²) in [4.78, 5) is 0. The molecule has 0 aliphatic rings. The molecule has 0 aliphatic heterocycles. The van der Waals surface area contributed by atoms with Crippen LogP contribution in [0.2, 0.25) is 0 Å². The van der Waals surface area contributed by atoms with Crippen LogP contribution in [0.5, 0.6) is 0 Å². The van der Waals surface area contributed by atoms with Gasteiger partial charge in [0.1, 0.15) is 11.6 Å². The van der Waals surface area contributed by atoms with Gasteiger partial charge in [-0.25, -0.2) is 8.78 Å². The van der Waals surface area contributed by atoms with Crippen LogP contribution in [0.3, 0.4) is 0 Å². The molecule has 4 heteroatoms. The molecule has 2 aromatic carbocycles. The van der Waals surface area contributed by atoms with Crippen molar-refractivity contribution in [3.63, 3.8) is 0 Å². The van der Waals surface area contributed by atoms with E-state index in [9.17, 15) is 8.78 Å². The normalized spacial score (nSPS) is 13.6. The van der Waals surface area contributed by atoms with Gasteiger partial charge in [-0.05, 0) is 120 Å². The topological polar surface area (TPSA) is 24.7 Å². The van der Waals surface area contributed by atoms with Crippen molar-refractivity contribution in [2.24, 2.45) is 31.9 Å². The Morgan fingerprint density at radius 2 is 0.667 bits per heavy atom. The van der Waals surface area contributed by atoms with E-state index in [1.165, 1.54) is 0 Å². The average Bonchev–Trinajstić information content (AvgIpc) is 2.81. The van der Waals surface area contributed by atoms with Gasteiger partial charge in [0.25, 0.3) is 0 Å². The van der Waals surface area contributed by atoms with Crippen LogP contribution in [0.25, 0.3) is 0 Å². The number of nitrogens with zero attached hydrogens (tertiary/aromatic N) is 2. The Labute approximate surface area is 256 Å². The Hall–Kier alpha value is -2.36. The van der Waals surface area contributed by atoms with Gasteiger partial charge in [0, 0.05) is 11.1 Å². The van der Waals surface area contributed by atoms with Gasteiger partial charge in [-0.1, -0.05) is 83.1 Å². The summed E-state index contributed by atoms with van der Waals surface area (Å²) in [6, 6.07) is 6.64. The number of hydrogen-bond donors (Lipinski definition) is 0. The molecule has 0 bridgehead atoms. The SMILES string of the molecule is CC(C)(C)CCc1cc(F)cc(CCC(C)(C)C)c1/C=N/N=C/c1c(CCC(C)(C)C)cc(F)cc1CCC(C)(C)C. The summed E-state index contributed by atoms with van der Waals surface area (Å²) in [5.41, 5.74) is 6.42. The Balaban J connectivity index is 2.53. The van der Waals surface area contributed by atoms with Crippen LogP contribution in [0.15, 0.2) is 34.5 Å². The highest BCUT2D eigenvalue weighted by Gasteiger charge is 2.19. The van der Waals surface area contributed by atoms with Crippen molar-refractivity contribution in [3.8, 4) is 0 Å². The van der Waals surface area contributed by atoms with E-state index in [1.807, 2.05) is 0 Å². The summed E-state index contributed by atoms with van der Waals surface area (Å²) < 4.78 is 29.6. The molecule has 0 unspecified atom stereocenters. The first-order chi connectivity index (χ1) is 19.1. The van der Waals surface area contributed by atoms with Crippen molar-refractivity contribution in [2.45, 2.75) is 134 Å². The van der Waals surface area contributed by atoms with E-state index in [0.717, 1.165) is 84.7 Å². The predicted molar refractivity (Wildman–Crippen MR) is 179 cm³/mol. The minimum atomic E-state index is -0.193. The second kappa shape index (κ2) is 14.4. The van der Waals surface area contributed by atoms with Crippen LogP contribution in [0.4, 0.5) is 8.78 Å². The molecule has 0 fully saturated rings. The summed E-state index contributed by atoms with van der Waals surface area (Å²) in [5.74, 6) is -0.386. The predicted octanol–water partition coefficient (Wildman–Crippen LogP) is 11.3. The molecule has 0 heterocycles. The van der Waals surface area contributed by atoms with Gasteiger partial charge in [0.05, 0.1) is 12.4 Å². The molecule has 0 spiro atoms. The second-order valence-corrected chi connectivity index (χ2v) is 17.0. The first kappa shape index (κ1) is 35.8.